The molecule has 20 heavy (non-hydrogen) atoms. The smallest absolute Gasteiger partial charge is 0.138 e. The Balaban J connectivity index is 1.97. The second-order valence-electron chi connectivity index (χ2n) is 4.94. The fraction of sp³-hybridized carbons (Fsp3) is 0.625. The molecule has 2 nitrogen and oxygen atoms in total. The zero-order valence-electron chi connectivity index (χ0n) is 12.3. The van der Waals surface area contributed by atoms with Crippen molar-refractivity contribution >= 4 is 23.2 Å². The summed E-state index contributed by atoms with van der Waals surface area (Å²) in [4.78, 5) is 0. The summed E-state index contributed by atoms with van der Waals surface area (Å²) in [6.45, 7) is 4.77. The van der Waals surface area contributed by atoms with Crippen LogP contribution < -0.4 is 10.1 Å². The van der Waals surface area contributed by atoms with Crippen LogP contribution >= 0.6 is 23.2 Å². The molecule has 0 saturated carbocycles. The fourth-order valence-corrected chi connectivity index (χ4v) is 2.44. The molecule has 0 unspecified atom stereocenters. The molecule has 1 aromatic rings. The predicted octanol–water partition coefficient (Wildman–Crippen LogP) is 5.32. The largest absolute Gasteiger partial charge is 0.491 e. The molecule has 0 aliphatic rings. The molecule has 0 fully saturated rings. The van der Waals surface area contributed by atoms with Crippen molar-refractivity contribution in [2.45, 2.75) is 45.4 Å². The number of nitrogens with one attached hydrogen (secondary N) is 1. The van der Waals surface area contributed by atoms with Gasteiger partial charge < -0.3 is 10.1 Å². The van der Waals surface area contributed by atoms with E-state index in [0.717, 1.165) is 13.1 Å². The molecule has 0 aromatic heterocycles. The van der Waals surface area contributed by atoms with Crippen LogP contribution in [0.15, 0.2) is 18.2 Å². The van der Waals surface area contributed by atoms with Crippen LogP contribution in [-0.4, -0.2) is 19.7 Å². The van der Waals surface area contributed by atoms with E-state index in [1.807, 2.05) is 0 Å². The van der Waals surface area contributed by atoms with Crippen LogP contribution in [-0.2, 0) is 0 Å². The van der Waals surface area contributed by atoms with Gasteiger partial charge in [-0.3, -0.25) is 0 Å². The molecule has 114 valence electrons. The molecular weight excluding hydrogens is 293 g/mol. The van der Waals surface area contributed by atoms with Crippen LogP contribution in [0, 0.1) is 0 Å². The number of hydrogen-bond acceptors (Lipinski definition) is 2. The van der Waals surface area contributed by atoms with E-state index in [-0.39, 0.29) is 0 Å². The highest BCUT2D eigenvalue weighted by Gasteiger charge is 2.01. The maximum Gasteiger partial charge on any atom is 0.138 e. The van der Waals surface area contributed by atoms with E-state index in [0.29, 0.717) is 22.4 Å². The first-order valence-corrected chi connectivity index (χ1v) is 8.28. The first-order valence-electron chi connectivity index (χ1n) is 7.52. The molecule has 0 heterocycles. The third-order valence-electron chi connectivity index (χ3n) is 3.14. The van der Waals surface area contributed by atoms with Crippen LogP contribution in [0.2, 0.25) is 10.0 Å². The summed E-state index contributed by atoms with van der Waals surface area (Å²) in [5.41, 5.74) is 0. The summed E-state index contributed by atoms with van der Waals surface area (Å²) in [5.74, 6) is 0.692. The fourth-order valence-electron chi connectivity index (χ4n) is 1.98. The van der Waals surface area contributed by atoms with Gasteiger partial charge in [-0.05, 0) is 31.2 Å². The van der Waals surface area contributed by atoms with Crippen molar-refractivity contribution in [3.8, 4) is 5.75 Å². The first kappa shape index (κ1) is 17.6. The molecule has 0 aliphatic carbocycles. The zero-order valence-corrected chi connectivity index (χ0v) is 13.8. The van der Waals surface area contributed by atoms with Gasteiger partial charge in [0.2, 0.25) is 0 Å². The van der Waals surface area contributed by atoms with Gasteiger partial charge in [-0.15, -0.1) is 0 Å². The summed E-state index contributed by atoms with van der Waals surface area (Å²) < 4.78 is 5.60. The van der Waals surface area contributed by atoms with Gasteiger partial charge in [0.15, 0.2) is 0 Å². The second-order valence-corrected chi connectivity index (χ2v) is 5.78. The summed E-state index contributed by atoms with van der Waals surface area (Å²) in [7, 11) is 0. The zero-order chi connectivity index (χ0) is 14.6. The summed E-state index contributed by atoms with van der Waals surface area (Å²) in [6, 6.07) is 5.28. The lowest BCUT2D eigenvalue weighted by atomic mass is 10.1. The van der Waals surface area contributed by atoms with Gasteiger partial charge in [0.1, 0.15) is 12.4 Å². The van der Waals surface area contributed by atoms with E-state index in [1.165, 1.54) is 38.5 Å². The number of ether oxygens (including phenoxy) is 1. The lowest BCUT2D eigenvalue weighted by Crippen LogP contribution is -2.22. The molecule has 4 heteroatoms. The molecule has 1 aromatic carbocycles. The molecular formula is C16H25Cl2NO. The Labute approximate surface area is 132 Å². The van der Waals surface area contributed by atoms with Crippen LogP contribution in [0.5, 0.6) is 5.75 Å². The van der Waals surface area contributed by atoms with Crippen LogP contribution in [0.25, 0.3) is 0 Å². The Hall–Kier alpha value is -0.440. The molecule has 0 atom stereocenters. The Morgan fingerprint density at radius 1 is 1.00 bits per heavy atom. The first-order chi connectivity index (χ1) is 9.74. The van der Waals surface area contributed by atoms with Crippen molar-refractivity contribution in [2.24, 2.45) is 0 Å². The minimum atomic E-state index is 0.563. The van der Waals surface area contributed by atoms with Gasteiger partial charge in [0.25, 0.3) is 0 Å². The van der Waals surface area contributed by atoms with E-state index < -0.39 is 0 Å². The third-order valence-corrected chi connectivity index (χ3v) is 3.67. The lowest BCUT2D eigenvalue weighted by Gasteiger charge is -2.09. The monoisotopic (exact) mass is 317 g/mol. The number of rotatable bonds is 11. The normalized spacial score (nSPS) is 10.8. The maximum atomic E-state index is 6.02. The average Bonchev–Trinajstić information content (AvgIpc) is 2.43. The van der Waals surface area contributed by atoms with E-state index in [9.17, 15) is 0 Å². The Morgan fingerprint density at radius 3 is 2.50 bits per heavy atom. The van der Waals surface area contributed by atoms with Gasteiger partial charge in [-0.2, -0.15) is 0 Å². The summed E-state index contributed by atoms with van der Waals surface area (Å²) in [6.07, 6.45) is 7.95. The highest BCUT2D eigenvalue weighted by molar-refractivity contribution is 6.35. The van der Waals surface area contributed by atoms with Gasteiger partial charge in [-0.1, -0.05) is 62.2 Å². The van der Waals surface area contributed by atoms with Gasteiger partial charge in [-0.25, -0.2) is 0 Å². The summed E-state index contributed by atoms with van der Waals surface area (Å²) >= 11 is 11.9. The number of halogens is 2. The molecule has 0 amide bonds. The number of hydrogen-bond donors (Lipinski definition) is 1. The molecule has 0 spiro atoms. The van der Waals surface area contributed by atoms with Crippen molar-refractivity contribution < 1.29 is 4.74 Å². The Kier molecular flexibility index (Phi) is 9.90. The SMILES string of the molecule is CCCCCCCCNCCOc1ccc(Cl)cc1Cl. The minimum Gasteiger partial charge on any atom is -0.491 e. The Morgan fingerprint density at radius 2 is 1.75 bits per heavy atom. The van der Waals surface area contributed by atoms with Crippen LogP contribution in [0.1, 0.15) is 45.4 Å². The Bertz CT molecular complexity index is 371. The lowest BCUT2D eigenvalue weighted by molar-refractivity contribution is 0.313. The van der Waals surface area contributed by atoms with Crippen LogP contribution in [0.3, 0.4) is 0 Å². The number of benzene rings is 1. The number of unbranched alkanes of at least 4 members (excludes halogenated alkanes) is 5. The molecule has 0 saturated heterocycles. The van der Waals surface area contributed by atoms with Gasteiger partial charge in [0, 0.05) is 11.6 Å². The van der Waals surface area contributed by atoms with Crippen molar-refractivity contribution in [3.05, 3.63) is 28.2 Å². The minimum absolute atomic E-state index is 0.563. The van der Waals surface area contributed by atoms with E-state index >= 15 is 0 Å². The highest BCUT2D eigenvalue weighted by Crippen LogP contribution is 2.27. The van der Waals surface area contributed by atoms with Gasteiger partial charge in [0.05, 0.1) is 5.02 Å². The van der Waals surface area contributed by atoms with E-state index in [4.69, 9.17) is 27.9 Å². The van der Waals surface area contributed by atoms with Crippen molar-refractivity contribution in [1.29, 1.82) is 0 Å². The second kappa shape index (κ2) is 11.2. The van der Waals surface area contributed by atoms with Crippen molar-refractivity contribution in [1.82, 2.24) is 5.32 Å². The quantitative estimate of drug-likeness (QED) is 0.557. The molecule has 0 bridgehead atoms. The molecule has 0 aliphatic heterocycles. The average molecular weight is 318 g/mol. The van der Waals surface area contributed by atoms with Crippen molar-refractivity contribution in [3.63, 3.8) is 0 Å². The van der Waals surface area contributed by atoms with E-state index in [2.05, 4.69) is 12.2 Å². The highest BCUT2D eigenvalue weighted by atomic mass is 35.5. The van der Waals surface area contributed by atoms with Gasteiger partial charge >= 0.3 is 0 Å². The standard InChI is InChI=1S/C16H25Cl2NO/c1-2-3-4-5-6-7-10-19-11-12-20-16-9-8-14(17)13-15(16)18/h8-9,13,19H,2-7,10-12H2,1H3. The summed E-state index contributed by atoms with van der Waals surface area (Å²) in [5, 5.41) is 4.57. The topological polar surface area (TPSA) is 21.3 Å². The predicted molar refractivity (Wildman–Crippen MR) is 88.2 cm³/mol. The molecule has 0 radical (unpaired) electrons. The third kappa shape index (κ3) is 7.98. The van der Waals surface area contributed by atoms with Crippen LogP contribution in [0.4, 0.5) is 0 Å². The maximum absolute atomic E-state index is 6.02. The molecule has 1 N–H and O–H groups in total. The van der Waals surface area contributed by atoms with Crippen molar-refractivity contribution in [2.75, 3.05) is 19.7 Å². The molecule has 1 rings (SSSR count). The van der Waals surface area contributed by atoms with E-state index in [1.54, 1.807) is 18.2 Å².